The van der Waals surface area contributed by atoms with Crippen LogP contribution in [-0.4, -0.2) is 37.8 Å². The first kappa shape index (κ1) is 19.1. The van der Waals surface area contributed by atoms with Crippen molar-refractivity contribution in [2.75, 3.05) is 13.1 Å². The molecular formula is C20H28N2O3S. The Balaban J connectivity index is 1.63. The number of piperidine rings is 1. The summed E-state index contributed by atoms with van der Waals surface area (Å²) in [5.41, 5.74) is 0.502. The van der Waals surface area contributed by atoms with E-state index in [1.807, 2.05) is 6.92 Å². The fraction of sp³-hybridized carbons (Fsp3) is 0.550. The van der Waals surface area contributed by atoms with E-state index in [2.05, 4.69) is 17.5 Å². The number of rotatable bonds is 5. The van der Waals surface area contributed by atoms with E-state index in [1.165, 1.54) is 0 Å². The first-order valence-electron chi connectivity index (χ1n) is 9.53. The largest absolute Gasteiger partial charge is 0.352 e. The third-order valence-electron chi connectivity index (χ3n) is 5.39. The zero-order valence-corrected chi connectivity index (χ0v) is 16.2. The Morgan fingerprint density at radius 3 is 2.58 bits per heavy atom. The number of hydrogen-bond donors (Lipinski definition) is 1. The lowest BCUT2D eigenvalue weighted by molar-refractivity contribution is 0.0946. The minimum absolute atomic E-state index is 0.0290. The number of nitrogens with zero attached hydrogens (tertiary/aromatic N) is 1. The molecule has 5 nitrogen and oxygen atoms in total. The monoisotopic (exact) mass is 376 g/mol. The van der Waals surface area contributed by atoms with Crippen molar-refractivity contribution in [3.63, 3.8) is 0 Å². The second-order valence-corrected chi connectivity index (χ2v) is 9.24. The van der Waals surface area contributed by atoms with Crippen LogP contribution < -0.4 is 5.32 Å². The topological polar surface area (TPSA) is 66.5 Å². The van der Waals surface area contributed by atoms with Crippen molar-refractivity contribution in [3.05, 3.63) is 42.0 Å². The summed E-state index contributed by atoms with van der Waals surface area (Å²) in [7, 11) is -3.49. The quantitative estimate of drug-likeness (QED) is 0.802. The number of benzene rings is 1. The molecule has 1 fully saturated rings. The number of sulfonamides is 1. The average molecular weight is 377 g/mol. The summed E-state index contributed by atoms with van der Waals surface area (Å²) in [5, 5.41) is 2.96. The van der Waals surface area contributed by atoms with Crippen LogP contribution in [0.4, 0.5) is 0 Å². The summed E-state index contributed by atoms with van der Waals surface area (Å²) in [6.07, 6.45) is 10.4. The van der Waals surface area contributed by atoms with E-state index in [1.54, 1.807) is 28.6 Å². The van der Waals surface area contributed by atoms with Gasteiger partial charge in [-0.3, -0.25) is 4.79 Å². The Hall–Kier alpha value is -1.66. The molecule has 1 N–H and O–H groups in total. The number of carbonyl (C=O) groups is 1. The third kappa shape index (κ3) is 4.35. The maximum atomic E-state index is 12.8. The predicted molar refractivity (Wildman–Crippen MR) is 102 cm³/mol. The number of nitrogens with one attached hydrogen (secondary N) is 1. The summed E-state index contributed by atoms with van der Waals surface area (Å²) < 4.78 is 27.2. The summed E-state index contributed by atoms with van der Waals surface area (Å²) >= 11 is 0. The minimum atomic E-state index is -3.49. The fourth-order valence-corrected chi connectivity index (χ4v) is 5.42. The van der Waals surface area contributed by atoms with E-state index in [4.69, 9.17) is 0 Å². The molecule has 1 aliphatic carbocycles. The van der Waals surface area contributed by atoms with E-state index in [0.29, 0.717) is 24.6 Å². The SMILES string of the molecule is CC1CCCCN1S(=O)(=O)c1ccc(C(=O)NCC2CC=CCC2)cc1. The summed E-state index contributed by atoms with van der Waals surface area (Å²) in [4.78, 5) is 12.6. The van der Waals surface area contributed by atoms with Gasteiger partial charge < -0.3 is 5.32 Å². The van der Waals surface area contributed by atoms with E-state index >= 15 is 0 Å². The van der Waals surface area contributed by atoms with Gasteiger partial charge in [-0.1, -0.05) is 18.6 Å². The Bertz CT molecular complexity index is 756. The molecule has 6 heteroatoms. The van der Waals surface area contributed by atoms with Crippen molar-refractivity contribution >= 4 is 15.9 Å². The van der Waals surface area contributed by atoms with Gasteiger partial charge in [0.2, 0.25) is 10.0 Å². The first-order chi connectivity index (χ1) is 12.5. The van der Waals surface area contributed by atoms with Crippen molar-refractivity contribution in [1.82, 2.24) is 9.62 Å². The van der Waals surface area contributed by atoms with Gasteiger partial charge in [0.05, 0.1) is 4.90 Å². The van der Waals surface area contributed by atoms with Gasteiger partial charge in [-0.15, -0.1) is 0 Å². The van der Waals surface area contributed by atoms with Crippen LogP contribution in [0.15, 0.2) is 41.3 Å². The van der Waals surface area contributed by atoms with Gasteiger partial charge in [0.25, 0.3) is 5.91 Å². The van der Waals surface area contributed by atoms with Crippen molar-refractivity contribution < 1.29 is 13.2 Å². The lowest BCUT2D eigenvalue weighted by Gasteiger charge is -2.32. The highest BCUT2D eigenvalue weighted by Crippen LogP contribution is 2.25. The van der Waals surface area contributed by atoms with Crippen LogP contribution in [0.25, 0.3) is 0 Å². The van der Waals surface area contributed by atoms with Crippen molar-refractivity contribution in [3.8, 4) is 0 Å². The van der Waals surface area contributed by atoms with Gasteiger partial charge in [0, 0.05) is 24.7 Å². The maximum absolute atomic E-state index is 12.8. The molecule has 1 aromatic carbocycles. The van der Waals surface area contributed by atoms with Crippen LogP contribution in [0, 0.1) is 5.92 Å². The van der Waals surface area contributed by atoms with Crippen LogP contribution >= 0.6 is 0 Å². The molecule has 26 heavy (non-hydrogen) atoms. The van der Waals surface area contributed by atoms with Crippen LogP contribution in [0.2, 0.25) is 0 Å². The average Bonchev–Trinajstić information content (AvgIpc) is 2.67. The smallest absolute Gasteiger partial charge is 0.251 e. The molecule has 2 unspecified atom stereocenters. The van der Waals surface area contributed by atoms with E-state index < -0.39 is 10.0 Å². The first-order valence-corrected chi connectivity index (χ1v) is 11.0. The molecule has 0 aromatic heterocycles. The molecule has 1 amide bonds. The second kappa shape index (κ2) is 8.35. The third-order valence-corrected chi connectivity index (χ3v) is 7.42. The molecule has 0 saturated carbocycles. The molecule has 142 valence electrons. The lowest BCUT2D eigenvalue weighted by atomic mass is 9.94. The highest BCUT2D eigenvalue weighted by molar-refractivity contribution is 7.89. The maximum Gasteiger partial charge on any atom is 0.251 e. The van der Waals surface area contributed by atoms with E-state index in [0.717, 1.165) is 38.5 Å². The second-order valence-electron chi connectivity index (χ2n) is 7.35. The van der Waals surface area contributed by atoms with Gasteiger partial charge in [-0.25, -0.2) is 8.42 Å². The van der Waals surface area contributed by atoms with Crippen molar-refractivity contribution in [2.24, 2.45) is 5.92 Å². The number of hydrogen-bond acceptors (Lipinski definition) is 3. The standard InChI is InChI=1S/C20H28N2O3S/c1-16-7-5-6-14-22(16)26(24,25)19-12-10-18(11-13-19)20(23)21-15-17-8-3-2-4-9-17/h2-3,10-13,16-17H,4-9,14-15H2,1H3,(H,21,23). The molecule has 1 saturated heterocycles. The van der Waals surface area contributed by atoms with Crippen LogP contribution in [0.1, 0.15) is 55.8 Å². The van der Waals surface area contributed by atoms with Gasteiger partial charge in [0.15, 0.2) is 0 Å². The van der Waals surface area contributed by atoms with E-state index in [-0.39, 0.29) is 16.8 Å². The minimum Gasteiger partial charge on any atom is -0.352 e. The Morgan fingerprint density at radius 2 is 1.92 bits per heavy atom. The van der Waals surface area contributed by atoms with Gasteiger partial charge in [0.1, 0.15) is 0 Å². The van der Waals surface area contributed by atoms with Crippen molar-refractivity contribution in [1.29, 1.82) is 0 Å². The van der Waals surface area contributed by atoms with Crippen LogP contribution in [0.5, 0.6) is 0 Å². The summed E-state index contributed by atoms with van der Waals surface area (Å²) in [6, 6.07) is 6.35. The molecule has 2 aliphatic rings. The zero-order valence-electron chi connectivity index (χ0n) is 15.4. The van der Waals surface area contributed by atoms with E-state index in [9.17, 15) is 13.2 Å². The summed E-state index contributed by atoms with van der Waals surface area (Å²) in [5.74, 6) is 0.346. The van der Waals surface area contributed by atoms with Crippen molar-refractivity contribution in [2.45, 2.75) is 56.4 Å². The van der Waals surface area contributed by atoms with Gasteiger partial charge in [-0.2, -0.15) is 4.31 Å². The molecule has 3 rings (SSSR count). The van der Waals surface area contributed by atoms with Gasteiger partial charge in [-0.05, 0) is 69.2 Å². The number of allylic oxidation sites excluding steroid dienone is 2. The Kier molecular flexibility index (Phi) is 6.14. The predicted octanol–water partition coefficient (Wildman–Crippen LogP) is 3.34. The van der Waals surface area contributed by atoms with Crippen LogP contribution in [-0.2, 0) is 10.0 Å². The molecule has 2 atom stereocenters. The number of amides is 1. The number of carbonyl (C=O) groups excluding carboxylic acids is 1. The Morgan fingerprint density at radius 1 is 1.15 bits per heavy atom. The molecular weight excluding hydrogens is 348 g/mol. The highest BCUT2D eigenvalue weighted by atomic mass is 32.2. The molecule has 1 aliphatic heterocycles. The molecule has 1 heterocycles. The molecule has 1 aromatic rings. The summed E-state index contributed by atoms with van der Waals surface area (Å²) in [6.45, 7) is 3.19. The molecule has 0 radical (unpaired) electrons. The fourth-order valence-electron chi connectivity index (χ4n) is 3.72. The highest BCUT2D eigenvalue weighted by Gasteiger charge is 2.30. The Labute approximate surface area is 156 Å². The molecule has 0 spiro atoms. The molecule has 0 bridgehead atoms. The lowest BCUT2D eigenvalue weighted by Crippen LogP contribution is -2.41. The zero-order chi connectivity index (χ0) is 18.6. The van der Waals surface area contributed by atoms with Gasteiger partial charge >= 0.3 is 0 Å². The van der Waals surface area contributed by atoms with Crippen LogP contribution in [0.3, 0.4) is 0 Å². The normalized spacial score (nSPS) is 24.3.